The van der Waals surface area contributed by atoms with Gasteiger partial charge in [-0.3, -0.25) is 0 Å². The van der Waals surface area contributed by atoms with Gasteiger partial charge < -0.3 is 19.7 Å². The third-order valence-electron chi connectivity index (χ3n) is 6.73. The third-order valence-corrected chi connectivity index (χ3v) is 6.73. The molecule has 1 aromatic heterocycles. The van der Waals surface area contributed by atoms with Crippen LogP contribution in [-0.4, -0.2) is 45.5 Å². The molecule has 2 aliphatic rings. The Labute approximate surface area is 173 Å². The van der Waals surface area contributed by atoms with Crippen LogP contribution in [0.3, 0.4) is 0 Å². The van der Waals surface area contributed by atoms with Gasteiger partial charge in [-0.15, -0.1) is 0 Å². The van der Waals surface area contributed by atoms with Crippen LogP contribution in [0.2, 0.25) is 0 Å². The minimum absolute atomic E-state index is 0.0234. The maximum absolute atomic E-state index is 10.2. The number of hydrogen-bond donors (Lipinski definition) is 2. The molecule has 0 unspecified atom stereocenters. The van der Waals surface area contributed by atoms with Gasteiger partial charge in [-0.2, -0.15) is 0 Å². The summed E-state index contributed by atoms with van der Waals surface area (Å²) in [5.74, 6) is 0.585. The van der Waals surface area contributed by atoms with Crippen LogP contribution in [0, 0.1) is 0 Å². The maximum atomic E-state index is 10.2. The Hall–Kier alpha value is -1.70. The molecule has 0 spiro atoms. The van der Waals surface area contributed by atoms with Crippen molar-refractivity contribution in [1.82, 2.24) is 9.97 Å². The molecule has 7 heteroatoms. The van der Waals surface area contributed by atoms with Gasteiger partial charge in [0.25, 0.3) is 0 Å². The number of nitrogens with zero attached hydrogens (tertiary/aromatic N) is 2. The summed E-state index contributed by atoms with van der Waals surface area (Å²) in [5.41, 5.74) is 2.34. The second kappa shape index (κ2) is 7.53. The highest BCUT2D eigenvalue weighted by Gasteiger charge is 2.51. The smallest absolute Gasteiger partial charge is 0.399 e. The first-order chi connectivity index (χ1) is 13.7. The molecular formula is C22H32BN3O3. The monoisotopic (exact) mass is 397 g/mol. The Morgan fingerprint density at radius 3 is 2.48 bits per heavy atom. The zero-order valence-corrected chi connectivity index (χ0v) is 18.2. The fraction of sp³-hybridized carbons (Fsp3) is 0.636. The molecule has 1 aromatic carbocycles. The van der Waals surface area contributed by atoms with Gasteiger partial charge in [-0.1, -0.05) is 31.9 Å². The SMILES string of the molecule is CCc1cc(B2OC(C)(C)C(C)(C)O2)cc2cnc(N[C@H]3CCCC[C@@H]3O)nc12. The number of anilines is 1. The zero-order chi connectivity index (χ0) is 20.8. The molecule has 2 aromatic rings. The predicted octanol–water partition coefficient (Wildman–Crippen LogP) is 3.21. The number of aliphatic hydroxyl groups excluding tert-OH is 1. The summed E-state index contributed by atoms with van der Waals surface area (Å²) in [6.07, 6.45) is 6.37. The lowest BCUT2D eigenvalue weighted by atomic mass is 9.77. The first-order valence-corrected chi connectivity index (χ1v) is 10.8. The molecule has 4 rings (SSSR count). The highest BCUT2D eigenvalue weighted by molar-refractivity contribution is 6.62. The predicted molar refractivity (Wildman–Crippen MR) is 117 cm³/mol. The first kappa shape index (κ1) is 20.6. The van der Waals surface area contributed by atoms with Crippen molar-refractivity contribution < 1.29 is 14.4 Å². The van der Waals surface area contributed by atoms with E-state index in [1.54, 1.807) is 0 Å². The van der Waals surface area contributed by atoms with E-state index in [-0.39, 0.29) is 23.3 Å². The van der Waals surface area contributed by atoms with E-state index >= 15 is 0 Å². The summed E-state index contributed by atoms with van der Waals surface area (Å²) in [5, 5.41) is 14.6. The number of benzene rings is 1. The van der Waals surface area contributed by atoms with Crippen LogP contribution in [0.1, 0.15) is 65.9 Å². The largest absolute Gasteiger partial charge is 0.494 e. The first-order valence-electron chi connectivity index (χ1n) is 10.8. The Balaban J connectivity index is 1.64. The molecule has 29 heavy (non-hydrogen) atoms. The van der Waals surface area contributed by atoms with Crippen molar-refractivity contribution in [3.05, 3.63) is 23.9 Å². The fourth-order valence-electron chi connectivity index (χ4n) is 4.14. The van der Waals surface area contributed by atoms with Gasteiger partial charge in [0.05, 0.1) is 28.9 Å². The van der Waals surface area contributed by atoms with E-state index in [9.17, 15) is 5.11 Å². The van der Waals surface area contributed by atoms with Crippen molar-refractivity contribution >= 4 is 29.4 Å². The molecule has 1 saturated heterocycles. The van der Waals surface area contributed by atoms with Crippen LogP contribution in [0.4, 0.5) is 5.95 Å². The Morgan fingerprint density at radius 2 is 1.83 bits per heavy atom. The van der Waals surface area contributed by atoms with E-state index < -0.39 is 7.12 Å². The van der Waals surface area contributed by atoms with E-state index in [0.717, 1.165) is 54.0 Å². The second-order valence-corrected chi connectivity index (χ2v) is 9.36. The average molecular weight is 397 g/mol. The van der Waals surface area contributed by atoms with Gasteiger partial charge in [0.1, 0.15) is 0 Å². The van der Waals surface area contributed by atoms with Gasteiger partial charge >= 0.3 is 7.12 Å². The molecule has 1 aliphatic carbocycles. The molecule has 1 saturated carbocycles. The van der Waals surface area contributed by atoms with E-state index in [4.69, 9.17) is 14.3 Å². The standard InChI is InChI=1S/C22H32BN3O3/c1-6-14-11-16(23-28-21(2,3)22(4,5)29-23)12-15-13-24-20(26-19(14)15)25-17-9-7-8-10-18(17)27/h11-13,17-18,27H,6-10H2,1-5H3,(H,24,25,26)/t17-,18-/m0/s1. The average Bonchev–Trinajstić information content (AvgIpc) is 2.90. The quantitative estimate of drug-likeness (QED) is 0.772. The normalized spacial score (nSPS) is 26.1. The van der Waals surface area contributed by atoms with Gasteiger partial charge in [0.2, 0.25) is 5.95 Å². The van der Waals surface area contributed by atoms with Gasteiger partial charge in [0.15, 0.2) is 0 Å². The highest BCUT2D eigenvalue weighted by atomic mass is 16.7. The van der Waals surface area contributed by atoms with Crippen LogP contribution in [0.25, 0.3) is 10.9 Å². The van der Waals surface area contributed by atoms with Crippen LogP contribution >= 0.6 is 0 Å². The Kier molecular flexibility index (Phi) is 5.34. The summed E-state index contributed by atoms with van der Waals surface area (Å²) < 4.78 is 12.5. The minimum atomic E-state index is -0.398. The molecule has 2 N–H and O–H groups in total. The van der Waals surface area contributed by atoms with Crippen molar-refractivity contribution in [2.75, 3.05) is 5.32 Å². The highest BCUT2D eigenvalue weighted by Crippen LogP contribution is 2.36. The summed E-state index contributed by atoms with van der Waals surface area (Å²) in [6.45, 7) is 10.4. The lowest BCUT2D eigenvalue weighted by molar-refractivity contribution is 0.00578. The van der Waals surface area contributed by atoms with Crippen LogP contribution < -0.4 is 10.8 Å². The zero-order valence-electron chi connectivity index (χ0n) is 18.2. The molecule has 156 valence electrons. The molecule has 0 bridgehead atoms. The summed E-state index contributed by atoms with van der Waals surface area (Å²) in [7, 11) is -0.398. The van der Waals surface area contributed by atoms with Crippen molar-refractivity contribution in [3.63, 3.8) is 0 Å². The van der Waals surface area contributed by atoms with Crippen LogP contribution in [-0.2, 0) is 15.7 Å². The number of aliphatic hydroxyl groups is 1. The minimum Gasteiger partial charge on any atom is -0.399 e. The van der Waals surface area contributed by atoms with E-state index in [2.05, 4.69) is 57.1 Å². The van der Waals surface area contributed by atoms with E-state index in [1.165, 1.54) is 0 Å². The van der Waals surface area contributed by atoms with Gasteiger partial charge in [-0.05, 0) is 58.0 Å². The summed E-state index contributed by atoms with van der Waals surface area (Å²) >= 11 is 0. The fourth-order valence-corrected chi connectivity index (χ4v) is 4.14. The molecule has 0 amide bonds. The van der Waals surface area contributed by atoms with E-state index in [0.29, 0.717) is 5.95 Å². The van der Waals surface area contributed by atoms with Crippen LogP contribution in [0.5, 0.6) is 0 Å². The van der Waals surface area contributed by atoms with E-state index in [1.807, 2.05) is 6.20 Å². The molecule has 1 aliphatic heterocycles. The number of rotatable bonds is 4. The number of nitrogens with one attached hydrogen (secondary N) is 1. The van der Waals surface area contributed by atoms with Crippen molar-refractivity contribution in [3.8, 4) is 0 Å². The van der Waals surface area contributed by atoms with Crippen LogP contribution in [0.15, 0.2) is 18.3 Å². The number of fused-ring (bicyclic) bond motifs is 1. The third kappa shape index (κ3) is 3.88. The van der Waals surface area contributed by atoms with Crippen molar-refractivity contribution in [2.45, 2.75) is 90.1 Å². The Bertz CT molecular complexity index is 886. The van der Waals surface area contributed by atoms with Crippen molar-refractivity contribution in [2.24, 2.45) is 0 Å². The topological polar surface area (TPSA) is 76.5 Å². The summed E-state index contributed by atoms with van der Waals surface area (Å²) in [4.78, 5) is 9.31. The molecule has 2 fully saturated rings. The van der Waals surface area contributed by atoms with Gasteiger partial charge in [-0.25, -0.2) is 9.97 Å². The molecular weight excluding hydrogens is 365 g/mol. The lowest BCUT2D eigenvalue weighted by Crippen LogP contribution is -2.41. The Morgan fingerprint density at radius 1 is 1.14 bits per heavy atom. The van der Waals surface area contributed by atoms with Crippen molar-refractivity contribution in [1.29, 1.82) is 0 Å². The molecule has 0 radical (unpaired) electrons. The van der Waals surface area contributed by atoms with Gasteiger partial charge in [0, 0.05) is 11.6 Å². The molecule has 2 heterocycles. The number of aromatic nitrogens is 2. The number of hydrogen-bond acceptors (Lipinski definition) is 6. The maximum Gasteiger partial charge on any atom is 0.494 e. The lowest BCUT2D eigenvalue weighted by Gasteiger charge is -2.32. The molecule has 2 atom stereocenters. The summed E-state index contributed by atoms with van der Waals surface area (Å²) in [6, 6.07) is 4.22. The second-order valence-electron chi connectivity index (χ2n) is 9.36. The molecule has 6 nitrogen and oxygen atoms in total. The number of aryl methyl sites for hydroxylation is 1.